The molecule has 0 aliphatic carbocycles. The van der Waals surface area contributed by atoms with Crippen LogP contribution in [0.2, 0.25) is 10.0 Å². The molecule has 2 aromatic rings. The van der Waals surface area contributed by atoms with Crippen LogP contribution in [0.15, 0.2) is 24.5 Å². The van der Waals surface area contributed by atoms with Crippen LogP contribution in [0.5, 0.6) is 0 Å². The van der Waals surface area contributed by atoms with Crippen molar-refractivity contribution in [2.75, 3.05) is 43.4 Å². The summed E-state index contributed by atoms with van der Waals surface area (Å²) in [5, 5.41) is 15.2. The molecular weight excluding hydrogens is 367 g/mol. The number of hydrogen-bond donors (Lipinski definition) is 1. The Balaban J connectivity index is 1.98. The fraction of sp³-hybridized carbons (Fsp3) is 0.333. The first kappa shape index (κ1) is 17.7. The molecule has 1 fully saturated rings. The van der Waals surface area contributed by atoms with Crippen molar-refractivity contribution in [3.8, 4) is 0 Å². The summed E-state index contributed by atoms with van der Waals surface area (Å²) in [5.41, 5.74) is 0.267. The highest BCUT2D eigenvalue weighted by molar-refractivity contribution is 6.43. The van der Waals surface area contributed by atoms with Gasteiger partial charge in [0.1, 0.15) is 6.33 Å². The van der Waals surface area contributed by atoms with Gasteiger partial charge in [-0.25, -0.2) is 9.97 Å². The summed E-state index contributed by atoms with van der Waals surface area (Å²) < 4.78 is 0. The van der Waals surface area contributed by atoms with Gasteiger partial charge in [0.05, 0.1) is 20.7 Å². The third-order valence-corrected chi connectivity index (χ3v) is 4.81. The van der Waals surface area contributed by atoms with Crippen LogP contribution in [0.3, 0.4) is 0 Å². The van der Waals surface area contributed by atoms with E-state index in [9.17, 15) is 10.1 Å². The molecule has 3 rings (SSSR count). The average molecular weight is 383 g/mol. The molecule has 132 valence electrons. The van der Waals surface area contributed by atoms with Crippen molar-refractivity contribution in [3.05, 3.63) is 44.7 Å². The quantitative estimate of drug-likeness (QED) is 0.641. The molecular formula is C15H16Cl2N6O2. The van der Waals surface area contributed by atoms with Crippen molar-refractivity contribution >= 4 is 46.2 Å². The van der Waals surface area contributed by atoms with Gasteiger partial charge in [0.2, 0.25) is 11.6 Å². The molecule has 0 unspecified atom stereocenters. The van der Waals surface area contributed by atoms with E-state index in [1.54, 1.807) is 18.2 Å². The highest BCUT2D eigenvalue weighted by Crippen LogP contribution is 2.37. The number of likely N-dealkylation sites (N-methyl/N-ethyl adjacent to an activating group) is 1. The number of nitrogens with one attached hydrogen (secondary N) is 1. The third kappa shape index (κ3) is 3.76. The first-order valence-electron chi connectivity index (χ1n) is 7.61. The summed E-state index contributed by atoms with van der Waals surface area (Å²) in [6.07, 6.45) is 1.31. The van der Waals surface area contributed by atoms with E-state index in [0.29, 0.717) is 29.6 Å². The maximum atomic E-state index is 11.7. The van der Waals surface area contributed by atoms with Crippen molar-refractivity contribution in [2.24, 2.45) is 0 Å². The smallest absolute Gasteiger partial charge is 0.348 e. The minimum Gasteiger partial charge on any atom is -0.348 e. The first-order chi connectivity index (χ1) is 12.0. The second-order valence-corrected chi connectivity index (χ2v) is 6.45. The molecule has 1 aromatic carbocycles. The van der Waals surface area contributed by atoms with Crippen LogP contribution in [-0.4, -0.2) is 53.0 Å². The van der Waals surface area contributed by atoms with E-state index in [1.807, 2.05) is 11.9 Å². The molecule has 8 nitrogen and oxygen atoms in total. The second kappa shape index (κ2) is 7.38. The molecule has 0 atom stereocenters. The Labute approximate surface area is 154 Å². The molecule has 1 aromatic heterocycles. The molecule has 1 saturated heterocycles. The van der Waals surface area contributed by atoms with Gasteiger partial charge in [0.15, 0.2) is 0 Å². The largest absolute Gasteiger partial charge is 0.353 e. The second-order valence-electron chi connectivity index (χ2n) is 5.67. The van der Waals surface area contributed by atoms with Gasteiger partial charge in [-0.1, -0.05) is 29.3 Å². The Bertz CT molecular complexity index is 796. The van der Waals surface area contributed by atoms with Crippen molar-refractivity contribution in [1.82, 2.24) is 14.9 Å². The lowest BCUT2D eigenvalue weighted by molar-refractivity contribution is -0.383. The molecule has 0 spiro atoms. The summed E-state index contributed by atoms with van der Waals surface area (Å²) in [4.78, 5) is 23.4. The fourth-order valence-corrected chi connectivity index (χ4v) is 2.95. The van der Waals surface area contributed by atoms with Crippen molar-refractivity contribution in [2.45, 2.75) is 0 Å². The van der Waals surface area contributed by atoms with Gasteiger partial charge in [-0.15, -0.1) is 0 Å². The lowest BCUT2D eigenvalue weighted by Crippen LogP contribution is -2.45. The van der Waals surface area contributed by atoms with Gasteiger partial charge in [-0.05, 0) is 19.2 Å². The first-order valence-corrected chi connectivity index (χ1v) is 8.37. The van der Waals surface area contributed by atoms with Crippen LogP contribution in [0, 0.1) is 10.1 Å². The number of benzene rings is 1. The zero-order chi connectivity index (χ0) is 18.0. The Kier molecular flexibility index (Phi) is 5.22. The van der Waals surface area contributed by atoms with E-state index in [4.69, 9.17) is 23.2 Å². The fourth-order valence-electron chi connectivity index (χ4n) is 2.61. The number of aromatic nitrogens is 2. The summed E-state index contributed by atoms with van der Waals surface area (Å²) in [6, 6.07) is 5.01. The predicted molar refractivity (Wildman–Crippen MR) is 98.1 cm³/mol. The van der Waals surface area contributed by atoms with E-state index in [2.05, 4.69) is 20.2 Å². The van der Waals surface area contributed by atoms with Gasteiger partial charge in [-0.2, -0.15) is 0 Å². The van der Waals surface area contributed by atoms with E-state index in [0.717, 1.165) is 13.1 Å². The Morgan fingerprint density at radius 2 is 1.92 bits per heavy atom. The van der Waals surface area contributed by atoms with Crippen molar-refractivity contribution in [1.29, 1.82) is 0 Å². The van der Waals surface area contributed by atoms with E-state index in [-0.39, 0.29) is 16.5 Å². The molecule has 10 heteroatoms. The van der Waals surface area contributed by atoms with Crippen molar-refractivity contribution < 1.29 is 4.92 Å². The van der Waals surface area contributed by atoms with Gasteiger partial charge < -0.3 is 15.1 Å². The number of nitrogens with zero attached hydrogens (tertiary/aromatic N) is 5. The summed E-state index contributed by atoms with van der Waals surface area (Å²) in [5.74, 6) is 0.381. The number of rotatable bonds is 4. The number of nitro groups is 1. The van der Waals surface area contributed by atoms with Gasteiger partial charge in [0.25, 0.3) is 0 Å². The van der Waals surface area contributed by atoms with Crippen LogP contribution >= 0.6 is 23.2 Å². The summed E-state index contributed by atoms with van der Waals surface area (Å²) in [7, 11) is 2.01. The molecule has 0 bridgehead atoms. The number of hydrogen-bond acceptors (Lipinski definition) is 7. The maximum Gasteiger partial charge on any atom is 0.353 e. The van der Waals surface area contributed by atoms with Crippen LogP contribution in [0.25, 0.3) is 0 Å². The Morgan fingerprint density at radius 3 is 2.60 bits per heavy atom. The topological polar surface area (TPSA) is 87.4 Å². The molecule has 25 heavy (non-hydrogen) atoms. The number of anilines is 3. The Morgan fingerprint density at radius 1 is 1.20 bits per heavy atom. The van der Waals surface area contributed by atoms with Gasteiger partial charge in [0, 0.05) is 26.2 Å². The molecule has 0 radical (unpaired) electrons. The molecule has 0 amide bonds. The predicted octanol–water partition coefficient (Wildman–Crippen LogP) is 3.19. The molecule has 2 heterocycles. The minimum atomic E-state index is -0.478. The van der Waals surface area contributed by atoms with Crippen LogP contribution in [0.4, 0.5) is 23.0 Å². The van der Waals surface area contributed by atoms with Crippen LogP contribution < -0.4 is 10.2 Å². The SMILES string of the molecule is CN1CCN(c2ncnc(Nc3cccc(Cl)c3Cl)c2[N+](=O)[O-])CC1. The number of halogens is 2. The standard InChI is InChI=1S/C15H16Cl2N6O2/c1-21-5-7-22(8-6-21)15-13(23(24)25)14(18-9-19-15)20-11-4-2-3-10(16)12(11)17/h2-4,9H,5-8H2,1H3,(H,18,19,20). The van der Waals surface area contributed by atoms with Crippen LogP contribution in [-0.2, 0) is 0 Å². The zero-order valence-corrected chi connectivity index (χ0v) is 15.0. The maximum absolute atomic E-state index is 11.7. The van der Waals surface area contributed by atoms with E-state index < -0.39 is 4.92 Å². The van der Waals surface area contributed by atoms with Gasteiger partial charge in [-0.3, -0.25) is 10.1 Å². The van der Waals surface area contributed by atoms with Gasteiger partial charge >= 0.3 is 5.69 Å². The molecule has 1 N–H and O–H groups in total. The third-order valence-electron chi connectivity index (χ3n) is 3.99. The van der Waals surface area contributed by atoms with E-state index in [1.165, 1.54) is 6.33 Å². The zero-order valence-electron chi connectivity index (χ0n) is 13.4. The lowest BCUT2D eigenvalue weighted by atomic mass is 10.3. The lowest BCUT2D eigenvalue weighted by Gasteiger charge is -2.32. The highest BCUT2D eigenvalue weighted by atomic mass is 35.5. The molecule has 0 saturated carbocycles. The molecule has 1 aliphatic rings. The highest BCUT2D eigenvalue weighted by Gasteiger charge is 2.29. The van der Waals surface area contributed by atoms with Crippen LogP contribution in [0.1, 0.15) is 0 Å². The molecule has 1 aliphatic heterocycles. The summed E-state index contributed by atoms with van der Waals surface area (Å²) in [6.45, 7) is 2.94. The Hall–Kier alpha value is -2.16. The minimum absolute atomic E-state index is 0.0816. The average Bonchev–Trinajstić information content (AvgIpc) is 2.59. The number of piperazine rings is 1. The van der Waals surface area contributed by atoms with Crippen molar-refractivity contribution in [3.63, 3.8) is 0 Å². The normalized spacial score (nSPS) is 15.2. The van der Waals surface area contributed by atoms with E-state index >= 15 is 0 Å². The summed E-state index contributed by atoms with van der Waals surface area (Å²) >= 11 is 12.2. The monoisotopic (exact) mass is 382 g/mol.